The average molecular weight is 565 g/mol. The highest BCUT2D eigenvalue weighted by molar-refractivity contribution is 5.94. The highest BCUT2D eigenvalue weighted by Gasteiger charge is 2.20. The van der Waals surface area contributed by atoms with Crippen molar-refractivity contribution in [1.82, 2.24) is 0 Å². The molecule has 0 N–H and O–H groups in total. The first-order valence-corrected chi connectivity index (χ1v) is 14.9. The number of aromatic nitrogens is 4. The van der Waals surface area contributed by atoms with Crippen molar-refractivity contribution in [3.05, 3.63) is 171 Å². The highest BCUT2D eigenvalue weighted by atomic mass is 15.0. The first-order chi connectivity index (χ1) is 21.8. The van der Waals surface area contributed by atoms with Crippen molar-refractivity contribution >= 4 is 21.5 Å². The van der Waals surface area contributed by atoms with Crippen molar-refractivity contribution in [2.24, 2.45) is 0 Å². The van der Waals surface area contributed by atoms with E-state index < -0.39 is 0 Å². The van der Waals surface area contributed by atoms with Crippen LogP contribution in [0.25, 0.3) is 66.5 Å². The second-order valence-corrected chi connectivity index (χ2v) is 11.3. The summed E-state index contributed by atoms with van der Waals surface area (Å²) < 4.78 is 8.83. The lowest BCUT2D eigenvalue weighted by molar-refractivity contribution is -0.595. The maximum Gasteiger partial charge on any atom is 0.218 e. The number of nitrogens with zero attached hydrogens (tertiary/aromatic N) is 4. The molecule has 16 bridgehead atoms. The van der Waals surface area contributed by atoms with Crippen molar-refractivity contribution in [1.29, 1.82) is 0 Å². The van der Waals surface area contributed by atoms with Crippen molar-refractivity contribution < 1.29 is 18.3 Å². The van der Waals surface area contributed by atoms with E-state index >= 15 is 0 Å². The lowest BCUT2D eigenvalue weighted by Crippen LogP contribution is -2.32. The minimum Gasteiger partial charge on any atom is -0.167 e. The molecule has 11 heterocycles. The molecule has 4 aromatic carbocycles. The molecule has 0 spiro atoms. The fourth-order valence-corrected chi connectivity index (χ4v) is 6.57. The standard InChI is InChI=1S/C40H28N4/c1-5-33-34-6-2-10-38(33)42-23-15-30(16-24-42)32-19-27-44(28-20-32)40-12-4-7-35-36(40)8-3-11-39(35)43-25-17-31(18-26-43)29-13-21-41(22-14-29)37(34)9-1/h1-28H/q+4. The van der Waals surface area contributed by atoms with E-state index in [1.165, 1.54) is 43.8 Å². The monoisotopic (exact) mass is 564 g/mol. The lowest BCUT2D eigenvalue weighted by Gasteiger charge is -2.07. The number of hydrogen-bond donors (Lipinski definition) is 0. The molecule has 4 aromatic heterocycles. The summed E-state index contributed by atoms with van der Waals surface area (Å²) in [5.74, 6) is 0. The third-order valence-corrected chi connectivity index (χ3v) is 8.85. The van der Waals surface area contributed by atoms with Gasteiger partial charge in [0.2, 0.25) is 22.7 Å². The van der Waals surface area contributed by atoms with Crippen LogP contribution in [0.2, 0.25) is 0 Å². The summed E-state index contributed by atoms with van der Waals surface area (Å²) in [6, 6.07) is 43.7. The lowest BCUT2D eigenvalue weighted by atomic mass is 10.0. The van der Waals surface area contributed by atoms with Gasteiger partial charge in [0.05, 0.1) is 21.5 Å². The smallest absolute Gasteiger partial charge is 0.167 e. The average Bonchev–Trinajstić information content (AvgIpc) is 3.11. The van der Waals surface area contributed by atoms with E-state index in [9.17, 15) is 0 Å². The van der Waals surface area contributed by atoms with Crippen molar-refractivity contribution in [2.45, 2.75) is 0 Å². The van der Waals surface area contributed by atoms with Gasteiger partial charge in [0.1, 0.15) is 0 Å². The molecule has 0 atom stereocenters. The van der Waals surface area contributed by atoms with Crippen LogP contribution in [0.3, 0.4) is 0 Å². The summed E-state index contributed by atoms with van der Waals surface area (Å²) >= 11 is 0. The number of pyridine rings is 4. The van der Waals surface area contributed by atoms with E-state index in [4.69, 9.17) is 0 Å². The van der Waals surface area contributed by atoms with Crippen molar-refractivity contribution in [3.8, 4) is 45.0 Å². The number of hydrogen-bond acceptors (Lipinski definition) is 0. The fraction of sp³-hybridized carbons (Fsp3) is 0. The molecular formula is C40H28N4+4. The van der Waals surface area contributed by atoms with Gasteiger partial charge in [0.25, 0.3) is 0 Å². The topological polar surface area (TPSA) is 15.5 Å². The Morgan fingerprint density at radius 3 is 0.636 bits per heavy atom. The maximum atomic E-state index is 2.21. The Morgan fingerprint density at radius 2 is 0.432 bits per heavy atom. The van der Waals surface area contributed by atoms with Gasteiger partial charge in [-0.3, -0.25) is 0 Å². The summed E-state index contributed by atoms with van der Waals surface area (Å²) in [5.41, 5.74) is 9.34. The van der Waals surface area contributed by atoms with E-state index in [0.29, 0.717) is 0 Å². The molecule has 7 aliphatic rings. The van der Waals surface area contributed by atoms with Gasteiger partial charge in [-0.15, -0.1) is 0 Å². The second kappa shape index (κ2) is 9.79. The van der Waals surface area contributed by atoms with E-state index in [0.717, 1.165) is 22.7 Å². The maximum absolute atomic E-state index is 2.21. The van der Waals surface area contributed by atoms with E-state index in [1.54, 1.807) is 0 Å². The van der Waals surface area contributed by atoms with Crippen LogP contribution in [0.4, 0.5) is 0 Å². The summed E-state index contributed by atoms with van der Waals surface area (Å²) in [6.45, 7) is 0. The van der Waals surface area contributed by atoms with Gasteiger partial charge in [-0.05, 0) is 46.5 Å². The van der Waals surface area contributed by atoms with Crippen LogP contribution in [0.15, 0.2) is 171 Å². The van der Waals surface area contributed by atoms with Crippen LogP contribution in [-0.2, 0) is 0 Å². The zero-order chi connectivity index (χ0) is 29.0. The third kappa shape index (κ3) is 3.92. The van der Waals surface area contributed by atoms with Crippen LogP contribution < -0.4 is 18.3 Å². The van der Waals surface area contributed by atoms with Gasteiger partial charge < -0.3 is 0 Å². The molecule has 0 aliphatic carbocycles. The van der Waals surface area contributed by atoms with E-state index in [2.05, 4.69) is 189 Å². The minimum absolute atomic E-state index is 1.15. The molecule has 0 unspecified atom stereocenters. The van der Waals surface area contributed by atoms with Crippen LogP contribution >= 0.6 is 0 Å². The molecule has 8 aromatic rings. The van der Waals surface area contributed by atoms with Gasteiger partial charge in [0.15, 0.2) is 49.6 Å². The molecule has 0 amide bonds. The van der Waals surface area contributed by atoms with Gasteiger partial charge in [-0.2, -0.15) is 18.3 Å². The molecule has 4 nitrogen and oxygen atoms in total. The molecule has 0 radical (unpaired) electrons. The Kier molecular flexibility index (Phi) is 5.47. The van der Waals surface area contributed by atoms with Crippen molar-refractivity contribution in [3.63, 3.8) is 0 Å². The molecule has 204 valence electrons. The van der Waals surface area contributed by atoms with Crippen LogP contribution in [0, 0.1) is 0 Å². The van der Waals surface area contributed by atoms with Gasteiger partial charge >= 0.3 is 0 Å². The zero-order valence-corrected chi connectivity index (χ0v) is 24.0. The van der Waals surface area contributed by atoms with E-state index in [1.807, 2.05) is 0 Å². The first kappa shape index (κ1) is 24.6. The van der Waals surface area contributed by atoms with Gasteiger partial charge in [0, 0.05) is 72.8 Å². The Labute approximate surface area is 255 Å². The summed E-state index contributed by atoms with van der Waals surface area (Å²) in [4.78, 5) is 0. The molecule has 0 fully saturated rings. The molecule has 4 heteroatoms. The summed E-state index contributed by atoms with van der Waals surface area (Å²) in [5, 5.41) is 4.83. The largest absolute Gasteiger partial charge is 0.218 e. The predicted octanol–water partition coefficient (Wildman–Crippen LogP) is 6.75. The minimum atomic E-state index is 1.15. The molecule has 15 rings (SSSR count). The quantitative estimate of drug-likeness (QED) is 0.181. The summed E-state index contributed by atoms with van der Waals surface area (Å²) in [7, 11) is 0. The fourth-order valence-electron chi connectivity index (χ4n) is 6.57. The second-order valence-electron chi connectivity index (χ2n) is 11.3. The van der Waals surface area contributed by atoms with Crippen LogP contribution in [0.5, 0.6) is 0 Å². The Balaban J connectivity index is 1.27. The zero-order valence-electron chi connectivity index (χ0n) is 24.0. The van der Waals surface area contributed by atoms with Gasteiger partial charge in [-0.25, -0.2) is 0 Å². The number of benzene rings is 4. The van der Waals surface area contributed by atoms with Crippen molar-refractivity contribution in [2.75, 3.05) is 0 Å². The Morgan fingerprint density at radius 1 is 0.227 bits per heavy atom. The molecule has 44 heavy (non-hydrogen) atoms. The number of rotatable bonds is 0. The van der Waals surface area contributed by atoms with Gasteiger partial charge in [-0.1, -0.05) is 24.3 Å². The normalized spacial score (nSPS) is 11.6. The highest BCUT2D eigenvalue weighted by Crippen LogP contribution is 2.26. The molecule has 0 saturated carbocycles. The van der Waals surface area contributed by atoms with Crippen LogP contribution in [0.1, 0.15) is 0 Å². The Hall–Kier alpha value is -6.00. The predicted molar refractivity (Wildman–Crippen MR) is 172 cm³/mol. The first-order valence-electron chi connectivity index (χ1n) is 14.9. The van der Waals surface area contributed by atoms with Crippen LogP contribution in [-0.4, -0.2) is 0 Å². The molecular weight excluding hydrogens is 536 g/mol. The Bertz CT molecular complexity index is 2000. The molecule has 0 saturated heterocycles. The van der Waals surface area contributed by atoms with E-state index in [-0.39, 0.29) is 0 Å². The SMILES string of the molecule is c1cc2c3cccc(c3c1)-[n+]1ccc(cc1)-c1cc[n+](cc1)-c1cccc3c(cccc13)-[n+]1ccc(cc1)-c1cc[n+]-2cc1. The molecule has 7 aliphatic heterocycles. The third-order valence-electron chi connectivity index (χ3n) is 8.85. The summed E-state index contributed by atoms with van der Waals surface area (Å²) in [6.07, 6.45) is 17.3.